The molecule has 1 aromatic heterocycles. The Bertz CT molecular complexity index is 497. The Kier molecular flexibility index (Phi) is 4.13. The fourth-order valence-electron chi connectivity index (χ4n) is 3.29. The van der Waals surface area contributed by atoms with Gasteiger partial charge in [0, 0.05) is 10.9 Å². The lowest BCUT2D eigenvalue weighted by Crippen LogP contribution is -2.48. The van der Waals surface area contributed by atoms with E-state index in [2.05, 4.69) is 30.5 Å². The van der Waals surface area contributed by atoms with E-state index in [9.17, 15) is 4.79 Å². The minimum Gasteiger partial charge on any atom is -0.348 e. The molecule has 1 fully saturated rings. The molecule has 110 valence electrons. The SMILES string of the molecule is CC1CCc2sc(C(=O)NC3CCNCC3C)cc2C1. The standard InChI is InChI=1S/C16H24N2OS/c1-10-3-4-14-12(7-10)8-15(20-14)16(19)18-13-5-6-17-9-11(13)2/h8,10-11,13,17H,3-7,9H2,1-2H3,(H,18,19). The average molecular weight is 292 g/mol. The van der Waals surface area contributed by atoms with Crippen LogP contribution in [0.25, 0.3) is 0 Å². The molecule has 2 N–H and O–H groups in total. The Balaban J connectivity index is 1.68. The molecule has 3 unspecified atom stereocenters. The smallest absolute Gasteiger partial charge is 0.261 e. The van der Waals surface area contributed by atoms with Crippen LogP contribution < -0.4 is 10.6 Å². The zero-order valence-electron chi connectivity index (χ0n) is 12.4. The summed E-state index contributed by atoms with van der Waals surface area (Å²) >= 11 is 1.71. The van der Waals surface area contributed by atoms with Crippen molar-refractivity contribution in [2.24, 2.45) is 11.8 Å². The van der Waals surface area contributed by atoms with Crippen molar-refractivity contribution in [3.63, 3.8) is 0 Å². The molecule has 1 aliphatic carbocycles. The van der Waals surface area contributed by atoms with Gasteiger partial charge in [-0.1, -0.05) is 13.8 Å². The Morgan fingerprint density at radius 2 is 2.25 bits per heavy atom. The molecular weight excluding hydrogens is 268 g/mol. The van der Waals surface area contributed by atoms with Gasteiger partial charge in [0.1, 0.15) is 0 Å². The first-order chi connectivity index (χ1) is 9.63. The van der Waals surface area contributed by atoms with Gasteiger partial charge in [-0.25, -0.2) is 0 Å². The second-order valence-electron chi connectivity index (χ2n) is 6.46. The van der Waals surface area contributed by atoms with Gasteiger partial charge < -0.3 is 10.6 Å². The minimum atomic E-state index is 0.135. The normalized spacial score (nSPS) is 29.8. The predicted molar refractivity (Wildman–Crippen MR) is 83.4 cm³/mol. The molecule has 3 nitrogen and oxygen atoms in total. The molecule has 0 saturated carbocycles. The first-order valence-electron chi connectivity index (χ1n) is 7.76. The van der Waals surface area contributed by atoms with Gasteiger partial charge in [0.05, 0.1) is 4.88 Å². The van der Waals surface area contributed by atoms with E-state index in [1.807, 2.05) is 0 Å². The van der Waals surface area contributed by atoms with Crippen LogP contribution in [-0.4, -0.2) is 25.0 Å². The lowest BCUT2D eigenvalue weighted by molar-refractivity contribution is 0.0918. The number of hydrogen-bond donors (Lipinski definition) is 2. The molecule has 0 bridgehead atoms. The average Bonchev–Trinajstić information content (AvgIpc) is 2.84. The first kappa shape index (κ1) is 14.1. The summed E-state index contributed by atoms with van der Waals surface area (Å²) in [5.74, 6) is 1.41. The van der Waals surface area contributed by atoms with E-state index in [0.29, 0.717) is 12.0 Å². The highest BCUT2D eigenvalue weighted by molar-refractivity contribution is 7.14. The van der Waals surface area contributed by atoms with E-state index in [4.69, 9.17) is 0 Å². The van der Waals surface area contributed by atoms with Crippen LogP contribution in [0.15, 0.2) is 6.07 Å². The second-order valence-corrected chi connectivity index (χ2v) is 7.59. The number of rotatable bonds is 2. The zero-order valence-corrected chi connectivity index (χ0v) is 13.2. The highest BCUT2D eigenvalue weighted by atomic mass is 32.1. The van der Waals surface area contributed by atoms with Gasteiger partial charge in [-0.15, -0.1) is 11.3 Å². The lowest BCUT2D eigenvalue weighted by atomic mass is 9.90. The van der Waals surface area contributed by atoms with Crippen LogP contribution in [0.2, 0.25) is 0 Å². The second kappa shape index (κ2) is 5.86. The third-order valence-electron chi connectivity index (χ3n) is 4.65. The van der Waals surface area contributed by atoms with Crippen molar-refractivity contribution < 1.29 is 4.79 Å². The summed E-state index contributed by atoms with van der Waals surface area (Å²) in [6.07, 6.45) is 4.59. The molecule has 2 heterocycles. The Hall–Kier alpha value is -0.870. The number of carbonyl (C=O) groups is 1. The van der Waals surface area contributed by atoms with Gasteiger partial charge in [-0.2, -0.15) is 0 Å². The zero-order chi connectivity index (χ0) is 14.1. The summed E-state index contributed by atoms with van der Waals surface area (Å²) in [5, 5.41) is 6.61. The number of aryl methyl sites for hydroxylation is 1. The van der Waals surface area contributed by atoms with Crippen LogP contribution in [0.1, 0.15) is 46.8 Å². The van der Waals surface area contributed by atoms with Gasteiger partial charge in [-0.3, -0.25) is 4.79 Å². The molecule has 20 heavy (non-hydrogen) atoms. The largest absolute Gasteiger partial charge is 0.348 e. The van der Waals surface area contributed by atoms with Crippen LogP contribution >= 0.6 is 11.3 Å². The van der Waals surface area contributed by atoms with Crippen LogP contribution in [0.3, 0.4) is 0 Å². The molecule has 1 aromatic rings. The quantitative estimate of drug-likeness (QED) is 0.880. The summed E-state index contributed by atoms with van der Waals surface area (Å²) in [6.45, 7) is 6.52. The number of carbonyl (C=O) groups excluding carboxylic acids is 1. The maximum Gasteiger partial charge on any atom is 0.261 e. The monoisotopic (exact) mass is 292 g/mol. The van der Waals surface area contributed by atoms with Gasteiger partial charge in [0.25, 0.3) is 5.91 Å². The number of nitrogens with one attached hydrogen (secondary N) is 2. The summed E-state index contributed by atoms with van der Waals surface area (Å²) in [4.78, 5) is 14.8. The molecule has 0 radical (unpaired) electrons. The van der Waals surface area contributed by atoms with Crippen molar-refractivity contribution in [2.45, 2.75) is 45.6 Å². The minimum absolute atomic E-state index is 0.135. The Morgan fingerprint density at radius 3 is 3.05 bits per heavy atom. The molecular formula is C16H24N2OS. The number of thiophene rings is 1. The Labute approximate surface area is 125 Å². The van der Waals surface area contributed by atoms with Gasteiger partial charge in [-0.05, 0) is 62.2 Å². The van der Waals surface area contributed by atoms with E-state index in [-0.39, 0.29) is 5.91 Å². The maximum absolute atomic E-state index is 12.4. The summed E-state index contributed by atoms with van der Waals surface area (Å²) in [6, 6.07) is 2.46. The van der Waals surface area contributed by atoms with Crippen molar-refractivity contribution in [3.8, 4) is 0 Å². The third-order valence-corrected chi connectivity index (χ3v) is 5.89. The first-order valence-corrected chi connectivity index (χ1v) is 8.58. The molecule has 0 spiro atoms. The van der Waals surface area contributed by atoms with Gasteiger partial charge in [0.15, 0.2) is 0 Å². The molecule has 1 aliphatic heterocycles. The number of fused-ring (bicyclic) bond motifs is 1. The van der Waals surface area contributed by atoms with E-state index >= 15 is 0 Å². The van der Waals surface area contributed by atoms with E-state index < -0.39 is 0 Å². The summed E-state index contributed by atoms with van der Waals surface area (Å²) in [5.41, 5.74) is 1.41. The van der Waals surface area contributed by atoms with E-state index in [0.717, 1.165) is 43.1 Å². The van der Waals surface area contributed by atoms with Gasteiger partial charge in [0.2, 0.25) is 0 Å². The molecule has 2 aliphatic rings. The van der Waals surface area contributed by atoms with Crippen LogP contribution in [0, 0.1) is 11.8 Å². The molecule has 3 rings (SSSR count). The highest BCUT2D eigenvalue weighted by Crippen LogP contribution is 2.32. The topological polar surface area (TPSA) is 41.1 Å². The summed E-state index contributed by atoms with van der Waals surface area (Å²) in [7, 11) is 0. The molecule has 0 aromatic carbocycles. The lowest BCUT2D eigenvalue weighted by Gasteiger charge is -2.30. The van der Waals surface area contributed by atoms with Crippen molar-refractivity contribution in [1.82, 2.24) is 10.6 Å². The maximum atomic E-state index is 12.4. The highest BCUT2D eigenvalue weighted by Gasteiger charge is 2.25. The molecule has 1 amide bonds. The molecule has 4 heteroatoms. The van der Waals surface area contributed by atoms with E-state index in [1.165, 1.54) is 16.9 Å². The van der Waals surface area contributed by atoms with Crippen LogP contribution in [0.5, 0.6) is 0 Å². The third kappa shape index (κ3) is 2.91. The number of hydrogen-bond acceptors (Lipinski definition) is 3. The van der Waals surface area contributed by atoms with E-state index in [1.54, 1.807) is 11.3 Å². The van der Waals surface area contributed by atoms with Gasteiger partial charge >= 0.3 is 0 Å². The van der Waals surface area contributed by atoms with Crippen molar-refractivity contribution in [2.75, 3.05) is 13.1 Å². The van der Waals surface area contributed by atoms with Crippen LogP contribution in [-0.2, 0) is 12.8 Å². The summed E-state index contributed by atoms with van der Waals surface area (Å²) < 4.78 is 0. The molecule has 3 atom stereocenters. The van der Waals surface area contributed by atoms with Crippen LogP contribution in [0.4, 0.5) is 0 Å². The fourth-order valence-corrected chi connectivity index (χ4v) is 4.40. The van der Waals surface area contributed by atoms with Crippen molar-refractivity contribution >= 4 is 17.2 Å². The Morgan fingerprint density at radius 1 is 1.40 bits per heavy atom. The fraction of sp³-hybridized carbons (Fsp3) is 0.688. The number of amides is 1. The number of piperidine rings is 1. The molecule has 1 saturated heterocycles. The predicted octanol–water partition coefficient (Wildman–Crippen LogP) is 2.60. The van der Waals surface area contributed by atoms with Crippen molar-refractivity contribution in [3.05, 3.63) is 21.4 Å². The van der Waals surface area contributed by atoms with Crippen molar-refractivity contribution in [1.29, 1.82) is 0 Å².